The number of nitrogens with zero attached hydrogens (tertiary/aromatic N) is 3. The highest BCUT2D eigenvalue weighted by Gasteiger charge is 2.31. The van der Waals surface area contributed by atoms with E-state index in [4.69, 9.17) is 4.74 Å². The van der Waals surface area contributed by atoms with Crippen LogP contribution in [0.1, 0.15) is 43.7 Å². The van der Waals surface area contributed by atoms with E-state index < -0.39 is 29.5 Å². The fourth-order valence-electron chi connectivity index (χ4n) is 2.88. The third kappa shape index (κ3) is 8.46. The average molecular weight is 480 g/mol. The predicted molar refractivity (Wildman–Crippen MR) is 126 cm³/mol. The fraction of sp³-hybridized carbons (Fsp3) is 0.320. The smallest absolute Gasteiger partial charge is 0.416 e. The van der Waals surface area contributed by atoms with Crippen LogP contribution in [0.25, 0.3) is 0 Å². The van der Waals surface area contributed by atoms with E-state index in [1.807, 2.05) is 0 Å². The molecule has 0 aliphatic carbocycles. The summed E-state index contributed by atoms with van der Waals surface area (Å²) in [6, 6.07) is 0.592. The standard InChI is InChI=1S/C25H29F4N3O2/c1-7-10-13-30-19(6)23-22(14-21(26)15-31-23)24(33)32(9-3)17(4)16-34-18(5)11-12-20(8-2)25(27,28)29/h7-8,10-15,17H,1,5,9,16H2,2-4,6H3/b12-11-,13-10-,20-8+,30-19+. The van der Waals surface area contributed by atoms with E-state index in [9.17, 15) is 22.4 Å². The van der Waals surface area contributed by atoms with Crippen LogP contribution in [0, 0.1) is 5.82 Å². The zero-order chi connectivity index (χ0) is 25.9. The Balaban J connectivity index is 3.03. The van der Waals surface area contributed by atoms with E-state index in [0.717, 1.165) is 30.5 Å². The van der Waals surface area contributed by atoms with Crippen molar-refractivity contribution in [2.75, 3.05) is 13.2 Å². The van der Waals surface area contributed by atoms with Gasteiger partial charge in [0, 0.05) is 12.7 Å². The van der Waals surface area contributed by atoms with Crippen molar-refractivity contribution in [3.63, 3.8) is 0 Å². The second-order valence-corrected chi connectivity index (χ2v) is 7.13. The minimum absolute atomic E-state index is 0.00375. The molecule has 1 aromatic heterocycles. The highest BCUT2D eigenvalue weighted by molar-refractivity contribution is 6.08. The zero-order valence-corrected chi connectivity index (χ0v) is 19.7. The summed E-state index contributed by atoms with van der Waals surface area (Å²) in [5.41, 5.74) is -0.167. The van der Waals surface area contributed by atoms with Gasteiger partial charge in [0.2, 0.25) is 0 Å². The highest BCUT2D eigenvalue weighted by atomic mass is 19.4. The van der Waals surface area contributed by atoms with Crippen molar-refractivity contribution in [2.24, 2.45) is 4.99 Å². The van der Waals surface area contributed by atoms with Crippen LogP contribution < -0.4 is 0 Å². The summed E-state index contributed by atoms with van der Waals surface area (Å²) in [4.78, 5) is 22.9. The normalized spacial score (nSPS) is 13.9. The summed E-state index contributed by atoms with van der Waals surface area (Å²) >= 11 is 0. The first-order valence-corrected chi connectivity index (χ1v) is 10.5. The first kappa shape index (κ1) is 28.5. The van der Waals surface area contributed by atoms with Gasteiger partial charge in [-0.1, -0.05) is 25.3 Å². The Labute approximate surface area is 197 Å². The maximum atomic E-state index is 13.9. The lowest BCUT2D eigenvalue weighted by Gasteiger charge is -2.28. The summed E-state index contributed by atoms with van der Waals surface area (Å²) in [6.45, 7) is 13.7. The number of amides is 1. The molecular weight excluding hydrogens is 450 g/mol. The molecule has 5 nitrogen and oxygen atoms in total. The molecule has 0 saturated carbocycles. The molecule has 184 valence electrons. The molecule has 9 heteroatoms. The molecule has 1 rings (SSSR count). The number of aromatic nitrogens is 1. The van der Waals surface area contributed by atoms with Gasteiger partial charge in [0.05, 0.1) is 34.8 Å². The lowest BCUT2D eigenvalue weighted by Crippen LogP contribution is -2.41. The number of hydrogen-bond donors (Lipinski definition) is 0. The zero-order valence-electron chi connectivity index (χ0n) is 19.7. The molecule has 0 spiro atoms. The Bertz CT molecular complexity index is 1010. The number of hydrogen-bond acceptors (Lipinski definition) is 4. The third-order valence-corrected chi connectivity index (χ3v) is 4.65. The van der Waals surface area contributed by atoms with E-state index in [1.54, 1.807) is 26.8 Å². The van der Waals surface area contributed by atoms with Crippen LogP contribution in [0.4, 0.5) is 17.6 Å². The lowest BCUT2D eigenvalue weighted by molar-refractivity contribution is -0.0883. The number of likely N-dealkylation sites (N-methyl/N-ethyl adjacent to an activating group) is 1. The number of carbonyl (C=O) groups is 1. The Morgan fingerprint density at radius 1 is 1.35 bits per heavy atom. The Kier molecular flexibility index (Phi) is 11.1. The summed E-state index contributed by atoms with van der Waals surface area (Å²) in [6.07, 6.45) is 4.04. The summed E-state index contributed by atoms with van der Waals surface area (Å²) in [5.74, 6) is -1.16. The van der Waals surface area contributed by atoms with Gasteiger partial charge >= 0.3 is 6.18 Å². The van der Waals surface area contributed by atoms with Gasteiger partial charge in [0.15, 0.2) is 0 Å². The molecule has 0 radical (unpaired) electrons. The van der Waals surface area contributed by atoms with Crippen molar-refractivity contribution in [1.29, 1.82) is 0 Å². The van der Waals surface area contributed by atoms with Crippen molar-refractivity contribution in [2.45, 2.75) is 39.9 Å². The van der Waals surface area contributed by atoms with Gasteiger partial charge in [-0.3, -0.25) is 14.8 Å². The molecule has 1 atom stereocenters. The number of alkyl halides is 3. The maximum absolute atomic E-state index is 13.9. The lowest BCUT2D eigenvalue weighted by atomic mass is 10.1. The van der Waals surface area contributed by atoms with Crippen LogP contribution in [-0.2, 0) is 4.74 Å². The quantitative estimate of drug-likeness (QED) is 0.165. The molecule has 0 saturated heterocycles. The largest absolute Gasteiger partial charge is 0.492 e. The van der Waals surface area contributed by atoms with E-state index in [1.165, 1.54) is 24.1 Å². The Morgan fingerprint density at radius 3 is 2.59 bits per heavy atom. The van der Waals surface area contributed by atoms with Gasteiger partial charge in [0.25, 0.3) is 5.91 Å². The van der Waals surface area contributed by atoms with Crippen LogP contribution in [-0.4, -0.2) is 46.9 Å². The van der Waals surface area contributed by atoms with E-state index in [-0.39, 0.29) is 30.2 Å². The van der Waals surface area contributed by atoms with Crippen molar-refractivity contribution < 1.29 is 27.1 Å². The van der Waals surface area contributed by atoms with Crippen molar-refractivity contribution in [3.05, 3.63) is 90.4 Å². The number of carbonyl (C=O) groups excluding carboxylic acids is 1. The minimum Gasteiger partial charge on any atom is -0.492 e. The third-order valence-electron chi connectivity index (χ3n) is 4.65. The van der Waals surface area contributed by atoms with Gasteiger partial charge in [0.1, 0.15) is 18.2 Å². The first-order valence-electron chi connectivity index (χ1n) is 10.5. The average Bonchev–Trinajstić information content (AvgIpc) is 2.77. The van der Waals surface area contributed by atoms with Gasteiger partial charge in [-0.2, -0.15) is 13.2 Å². The number of halogens is 4. The predicted octanol–water partition coefficient (Wildman–Crippen LogP) is 6.18. The van der Waals surface area contributed by atoms with E-state index >= 15 is 0 Å². The van der Waals surface area contributed by atoms with Gasteiger partial charge in [-0.15, -0.1) is 0 Å². The number of rotatable bonds is 11. The topological polar surface area (TPSA) is 54.8 Å². The van der Waals surface area contributed by atoms with Crippen molar-refractivity contribution in [3.8, 4) is 0 Å². The first-order chi connectivity index (χ1) is 16.0. The minimum atomic E-state index is -4.48. The molecule has 1 heterocycles. The monoisotopic (exact) mass is 479 g/mol. The summed E-state index contributed by atoms with van der Waals surface area (Å²) in [7, 11) is 0. The number of ether oxygens (including phenoxy) is 1. The van der Waals surface area contributed by atoms with E-state index in [2.05, 4.69) is 23.1 Å². The Hall–Kier alpha value is -3.49. The molecule has 0 aromatic carbocycles. The van der Waals surface area contributed by atoms with Crippen molar-refractivity contribution >= 4 is 11.6 Å². The van der Waals surface area contributed by atoms with Crippen molar-refractivity contribution in [1.82, 2.24) is 9.88 Å². The second kappa shape index (κ2) is 13.3. The molecule has 1 unspecified atom stereocenters. The summed E-state index contributed by atoms with van der Waals surface area (Å²) < 4.78 is 57.8. The van der Waals surface area contributed by atoms with Gasteiger partial charge in [-0.25, -0.2) is 4.39 Å². The molecule has 0 bridgehead atoms. The Morgan fingerprint density at radius 2 is 2.03 bits per heavy atom. The molecular formula is C25H29F4N3O2. The van der Waals surface area contributed by atoms with Crippen LogP contribution in [0.2, 0.25) is 0 Å². The van der Waals surface area contributed by atoms with Crippen LogP contribution in [0.15, 0.2) is 78.3 Å². The molecule has 1 amide bonds. The molecule has 0 N–H and O–H groups in total. The second-order valence-electron chi connectivity index (χ2n) is 7.13. The molecule has 0 aliphatic heterocycles. The highest BCUT2D eigenvalue weighted by Crippen LogP contribution is 2.26. The molecule has 34 heavy (non-hydrogen) atoms. The van der Waals surface area contributed by atoms with Gasteiger partial charge in [-0.05, 0) is 52.0 Å². The fourth-order valence-corrected chi connectivity index (χ4v) is 2.88. The SMILES string of the molecule is C=C/C=C\N=C(/C)c1ncc(F)cc1C(=O)N(CC)C(C)COC(=C)/C=C\C(=C/C)C(F)(F)F. The molecule has 1 aromatic rings. The van der Waals surface area contributed by atoms with Crippen LogP contribution >= 0.6 is 0 Å². The summed E-state index contributed by atoms with van der Waals surface area (Å²) in [5, 5.41) is 0. The number of pyridine rings is 1. The van der Waals surface area contributed by atoms with Gasteiger partial charge < -0.3 is 9.64 Å². The number of allylic oxidation sites excluding steroid dienone is 6. The van der Waals surface area contributed by atoms with E-state index in [0.29, 0.717) is 5.71 Å². The molecule has 0 aliphatic rings. The maximum Gasteiger partial charge on any atom is 0.416 e. The number of aliphatic imine (C=N–C) groups is 1. The molecule has 0 fully saturated rings. The van der Waals surface area contributed by atoms with Crippen LogP contribution in [0.5, 0.6) is 0 Å². The van der Waals surface area contributed by atoms with Crippen LogP contribution in [0.3, 0.4) is 0 Å².